The summed E-state index contributed by atoms with van der Waals surface area (Å²) in [7, 11) is -3.65. The van der Waals surface area contributed by atoms with Crippen molar-refractivity contribution in [2.45, 2.75) is 33.2 Å². The van der Waals surface area contributed by atoms with E-state index in [9.17, 15) is 18.3 Å². The van der Waals surface area contributed by atoms with E-state index in [1.54, 1.807) is 30.3 Å². The molecule has 0 atom stereocenters. The number of carbonyl (C=O) groups is 1. The van der Waals surface area contributed by atoms with Gasteiger partial charge >= 0.3 is 16.1 Å². The second kappa shape index (κ2) is 9.30. The van der Waals surface area contributed by atoms with Crippen molar-refractivity contribution in [3.63, 3.8) is 0 Å². The summed E-state index contributed by atoms with van der Waals surface area (Å²) in [6.45, 7) is 4.51. The minimum Gasteiger partial charge on any atom is -0.478 e. The fourth-order valence-corrected chi connectivity index (χ4v) is 4.56. The number of imidazole rings is 1. The highest BCUT2D eigenvalue weighted by molar-refractivity contribution is 7.86. The van der Waals surface area contributed by atoms with Crippen LogP contribution in [0.1, 0.15) is 40.7 Å². The zero-order chi connectivity index (χ0) is 24.5. The van der Waals surface area contributed by atoms with Crippen molar-refractivity contribution in [2.24, 2.45) is 0 Å². The minimum atomic E-state index is -3.65. The van der Waals surface area contributed by atoms with Crippen molar-refractivity contribution in [1.29, 1.82) is 0 Å². The summed E-state index contributed by atoms with van der Waals surface area (Å²) >= 11 is 0. The Labute approximate surface area is 198 Å². The van der Waals surface area contributed by atoms with Gasteiger partial charge in [0.05, 0.1) is 22.9 Å². The van der Waals surface area contributed by atoms with Crippen molar-refractivity contribution < 1.29 is 22.5 Å². The first-order valence-electron chi connectivity index (χ1n) is 11.0. The summed E-state index contributed by atoms with van der Waals surface area (Å²) in [4.78, 5) is 16.4. The molecule has 1 aromatic heterocycles. The number of aromatic carboxylic acids is 1. The van der Waals surface area contributed by atoms with Gasteiger partial charge in [0.25, 0.3) is 0 Å². The van der Waals surface area contributed by atoms with E-state index >= 15 is 0 Å². The third-order valence-electron chi connectivity index (χ3n) is 5.58. The summed E-state index contributed by atoms with van der Waals surface area (Å²) in [6, 6.07) is 18.1. The lowest BCUT2D eigenvalue weighted by Gasteiger charge is -2.12. The van der Waals surface area contributed by atoms with Crippen LogP contribution in [0.2, 0.25) is 0 Å². The Morgan fingerprint density at radius 1 is 1.09 bits per heavy atom. The molecule has 1 N–H and O–H groups in total. The highest BCUT2D eigenvalue weighted by Crippen LogP contribution is 2.29. The maximum Gasteiger partial charge on any atom is 0.336 e. The number of carboxylic acid groups (broad SMARTS) is 1. The summed E-state index contributed by atoms with van der Waals surface area (Å²) in [5.41, 5.74) is 5.23. The van der Waals surface area contributed by atoms with Crippen LogP contribution in [0.25, 0.3) is 22.2 Å². The zero-order valence-corrected chi connectivity index (χ0v) is 20.1. The van der Waals surface area contributed by atoms with Crippen LogP contribution in [0, 0.1) is 6.92 Å². The van der Waals surface area contributed by atoms with E-state index in [1.807, 2.05) is 37.3 Å². The largest absolute Gasteiger partial charge is 0.478 e. The molecule has 0 bridgehead atoms. The highest BCUT2D eigenvalue weighted by Gasteiger charge is 2.16. The van der Waals surface area contributed by atoms with Crippen molar-refractivity contribution >= 4 is 27.1 Å². The predicted octanol–water partition coefficient (Wildman–Crippen LogP) is 5.05. The number of hydrogen-bond acceptors (Lipinski definition) is 5. The van der Waals surface area contributed by atoms with Crippen LogP contribution in [-0.2, 0) is 23.1 Å². The molecule has 0 aliphatic rings. The minimum absolute atomic E-state index is 0.259. The topological polar surface area (TPSA) is 98.5 Å². The average Bonchev–Trinajstić information content (AvgIpc) is 3.11. The van der Waals surface area contributed by atoms with Gasteiger partial charge in [0.2, 0.25) is 0 Å². The first kappa shape index (κ1) is 23.5. The summed E-state index contributed by atoms with van der Waals surface area (Å²) in [5, 5.41) is 9.49. The Bertz CT molecular complexity index is 1470. The molecule has 7 nitrogen and oxygen atoms in total. The summed E-state index contributed by atoms with van der Waals surface area (Å²) in [6.07, 6.45) is 2.72. The molecule has 0 saturated heterocycles. The number of benzene rings is 3. The lowest BCUT2D eigenvalue weighted by atomic mass is 9.99. The molecule has 0 saturated carbocycles. The van der Waals surface area contributed by atoms with E-state index < -0.39 is 16.1 Å². The van der Waals surface area contributed by atoms with Crippen molar-refractivity contribution in [3.05, 3.63) is 83.2 Å². The molecule has 4 rings (SSSR count). The van der Waals surface area contributed by atoms with Crippen LogP contribution in [-0.4, -0.2) is 35.3 Å². The van der Waals surface area contributed by atoms with E-state index in [-0.39, 0.29) is 11.3 Å². The van der Waals surface area contributed by atoms with Gasteiger partial charge < -0.3 is 13.9 Å². The molecule has 176 valence electrons. The van der Waals surface area contributed by atoms with Crippen LogP contribution in [0.4, 0.5) is 0 Å². The molecule has 0 amide bonds. The molecule has 0 spiro atoms. The maximum absolute atomic E-state index is 11.7. The number of aromatic nitrogens is 2. The van der Waals surface area contributed by atoms with Gasteiger partial charge in [-0.25, -0.2) is 9.78 Å². The molecule has 4 aromatic rings. The van der Waals surface area contributed by atoms with Gasteiger partial charge in [-0.3, -0.25) is 0 Å². The quantitative estimate of drug-likeness (QED) is 0.356. The molecular weight excluding hydrogens is 452 g/mol. The fourth-order valence-electron chi connectivity index (χ4n) is 4.12. The number of rotatable bonds is 8. The Hall–Kier alpha value is -3.65. The van der Waals surface area contributed by atoms with E-state index in [0.717, 1.165) is 52.6 Å². The van der Waals surface area contributed by atoms with Crippen LogP contribution < -0.4 is 4.18 Å². The maximum atomic E-state index is 11.7. The number of hydrogen-bond donors (Lipinski definition) is 1. The molecule has 8 heteroatoms. The number of aryl methyl sites for hydroxylation is 2. The van der Waals surface area contributed by atoms with E-state index in [4.69, 9.17) is 9.17 Å². The zero-order valence-electron chi connectivity index (χ0n) is 19.3. The highest BCUT2D eigenvalue weighted by atomic mass is 32.2. The van der Waals surface area contributed by atoms with Crippen LogP contribution >= 0.6 is 0 Å². The Morgan fingerprint density at radius 3 is 2.44 bits per heavy atom. The van der Waals surface area contributed by atoms with Gasteiger partial charge in [-0.15, -0.1) is 0 Å². The predicted molar refractivity (Wildman–Crippen MR) is 132 cm³/mol. The van der Waals surface area contributed by atoms with Crippen molar-refractivity contribution in [2.75, 3.05) is 6.26 Å². The van der Waals surface area contributed by atoms with Crippen molar-refractivity contribution in [3.8, 4) is 16.9 Å². The molecule has 3 aromatic carbocycles. The molecule has 0 radical (unpaired) electrons. The lowest BCUT2D eigenvalue weighted by Crippen LogP contribution is -2.07. The Morgan fingerprint density at radius 2 is 1.79 bits per heavy atom. The SMILES string of the molecule is CCCc1nc2c(C)cc(OS(C)(=O)=O)cc2n1Cc1ccc(-c2ccccc2C(=O)O)cc1. The molecule has 0 unspecified atom stereocenters. The summed E-state index contributed by atoms with van der Waals surface area (Å²) < 4.78 is 30.6. The molecule has 0 aliphatic heterocycles. The number of fused-ring (bicyclic) bond motifs is 1. The smallest absolute Gasteiger partial charge is 0.336 e. The molecule has 0 fully saturated rings. The second-order valence-corrected chi connectivity index (χ2v) is 9.88. The lowest BCUT2D eigenvalue weighted by molar-refractivity contribution is 0.0697. The van der Waals surface area contributed by atoms with E-state index in [2.05, 4.69) is 11.5 Å². The second-order valence-electron chi connectivity index (χ2n) is 8.31. The van der Waals surface area contributed by atoms with Crippen LogP contribution in [0.5, 0.6) is 5.75 Å². The number of nitrogens with zero attached hydrogens (tertiary/aromatic N) is 2. The first-order valence-corrected chi connectivity index (χ1v) is 12.8. The third-order valence-corrected chi connectivity index (χ3v) is 6.08. The van der Waals surface area contributed by atoms with E-state index in [0.29, 0.717) is 12.1 Å². The third kappa shape index (κ3) is 4.97. The standard InChI is InChI=1S/C26H26N2O5S/c1-4-7-24-27-25-17(2)14-20(33-34(3,31)32)15-23(25)28(24)16-18-10-12-19(13-11-18)21-8-5-6-9-22(21)26(29)30/h5-6,8-15H,4,7,16H2,1-3H3,(H,29,30). The Kier molecular flexibility index (Phi) is 6.43. The normalized spacial score (nSPS) is 11.6. The van der Waals surface area contributed by atoms with Gasteiger partial charge in [-0.2, -0.15) is 8.42 Å². The average molecular weight is 479 g/mol. The monoisotopic (exact) mass is 478 g/mol. The van der Waals surface area contributed by atoms with Gasteiger partial charge in [0.15, 0.2) is 0 Å². The Balaban J connectivity index is 1.74. The van der Waals surface area contributed by atoms with Gasteiger partial charge in [0, 0.05) is 19.0 Å². The molecule has 1 heterocycles. The van der Waals surface area contributed by atoms with Gasteiger partial charge in [0.1, 0.15) is 11.6 Å². The van der Waals surface area contributed by atoms with Crippen LogP contribution in [0.15, 0.2) is 60.7 Å². The van der Waals surface area contributed by atoms with E-state index in [1.165, 1.54) is 0 Å². The molecular formula is C26H26N2O5S. The fraction of sp³-hybridized carbons (Fsp3) is 0.231. The summed E-state index contributed by atoms with van der Waals surface area (Å²) in [5.74, 6) is 0.214. The first-order chi connectivity index (χ1) is 16.2. The van der Waals surface area contributed by atoms with Crippen molar-refractivity contribution in [1.82, 2.24) is 9.55 Å². The number of carboxylic acids is 1. The van der Waals surface area contributed by atoms with Crippen LogP contribution in [0.3, 0.4) is 0 Å². The molecule has 0 aliphatic carbocycles. The van der Waals surface area contributed by atoms with Gasteiger partial charge in [-0.1, -0.05) is 49.4 Å². The molecule has 34 heavy (non-hydrogen) atoms. The van der Waals surface area contributed by atoms with Gasteiger partial charge in [-0.05, 0) is 47.7 Å².